The van der Waals surface area contributed by atoms with E-state index < -0.39 is 0 Å². The van der Waals surface area contributed by atoms with Gasteiger partial charge in [-0.3, -0.25) is 0 Å². The minimum atomic E-state index is 0.328. The van der Waals surface area contributed by atoms with E-state index in [9.17, 15) is 0 Å². The molecule has 3 heteroatoms. The number of halogens is 2. The Bertz CT molecular complexity index is 310. The zero-order valence-corrected chi connectivity index (χ0v) is 9.28. The van der Waals surface area contributed by atoms with Gasteiger partial charge in [0.1, 0.15) is 0 Å². The van der Waals surface area contributed by atoms with Crippen molar-refractivity contribution < 1.29 is 0 Å². The molecule has 13 heavy (non-hydrogen) atoms. The van der Waals surface area contributed by atoms with Gasteiger partial charge in [0.15, 0.2) is 0 Å². The molecule has 0 aliphatic rings. The zero-order chi connectivity index (χ0) is 10.0. The van der Waals surface area contributed by atoms with Crippen LogP contribution in [0.5, 0.6) is 0 Å². The van der Waals surface area contributed by atoms with Crippen LogP contribution in [0.2, 0.25) is 10.0 Å². The number of rotatable bonds is 2. The van der Waals surface area contributed by atoms with E-state index in [1.165, 1.54) is 5.56 Å². The lowest BCUT2D eigenvalue weighted by atomic mass is 9.97. The molecule has 1 aromatic rings. The van der Waals surface area contributed by atoms with E-state index in [1.54, 1.807) is 0 Å². The Kier molecular flexibility index (Phi) is 3.60. The van der Waals surface area contributed by atoms with Crippen molar-refractivity contribution in [1.82, 2.24) is 0 Å². The van der Waals surface area contributed by atoms with E-state index in [0.717, 1.165) is 5.56 Å². The lowest BCUT2D eigenvalue weighted by molar-refractivity contribution is 0.768. The van der Waals surface area contributed by atoms with E-state index >= 15 is 0 Å². The Labute approximate surface area is 88.8 Å². The van der Waals surface area contributed by atoms with Crippen LogP contribution in [0, 0.1) is 6.92 Å². The van der Waals surface area contributed by atoms with Crippen LogP contribution >= 0.6 is 23.2 Å². The molecule has 1 aromatic carbocycles. The summed E-state index contributed by atoms with van der Waals surface area (Å²) >= 11 is 11.8. The molecule has 0 saturated carbocycles. The minimum absolute atomic E-state index is 0.328. The van der Waals surface area contributed by atoms with Gasteiger partial charge in [0.05, 0.1) is 10.0 Å². The summed E-state index contributed by atoms with van der Waals surface area (Å²) < 4.78 is 0. The van der Waals surface area contributed by atoms with Gasteiger partial charge < -0.3 is 5.73 Å². The smallest absolute Gasteiger partial charge is 0.0595 e. The molecule has 0 saturated heterocycles. The first-order chi connectivity index (χ1) is 6.06. The summed E-state index contributed by atoms with van der Waals surface area (Å²) in [5.41, 5.74) is 7.91. The molecule has 72 valence electrons. The van der Waals surface area contributed by atoms with E-state index in [1.807, 2.05) is 19.1 Å². The number of hydrogen-bond donors (Lipinski definition) is 1. The van der Waals surface area contributed by atoms with E-state index in [4.69, 9.17) is 28.9 Å². The van der Waals surface area contributed by atoms with Crippen molar-refractivity contribution in [2.75, 3.05) is 6.54 Å². The Balaban J connectivity index is 3.15. The van der Waals surface area contributed by atoms with Crippen molar-refractivity contribution >= 4 is 23.2 Å². The Morgan fingerprint density at radius 3 is 2.38 bits per heavy atom. The third-order valence-electron chi connectivity index (χ3n) is 2.19. The van der Waals surface area contributed by atoms with E-state index in [-0.39, 0.29) is 0 Å². The maximum atomic E-state index is 5.91. The molecule has 0 aromatic heterocycles. The Morgan fingerprint density at radius 2 is 1.85 bits per heavy atom. The molecule has 0 aliphatic heterocycles. The van der Waals surface area contributed by atoms with E-state index in [0.29, 0.717) is 22.5 Å². The largest absolute Gasteiger partial charge is 0.330 e. The molecule has 0 spiro atoms. The lowest BCUT2D eigenvalue weighted by Crippen LogP contribution is -2.10. The molecule has 0 aliphatic carbocycles. The predicted molar refractivity (Wildman–Crippen MR) is 58.7 cm³/mol. The SMILES string of the molecule is Cc1cc(Cl)c(Cl)cc1C(C)CN. The summed E-state index contributed by atoms with van der Waals surface area (Å²) in [5, 5.41) is 1.20. The highest BCUT2D eigenvalue weighted by atomic mass is 35.5. The molecule has 1 atom stereocenters. The van der Waals surface area contributed by atoms with Crippen LogP contribution in [0.25, 0.3) is 0 Å². The average Bonchev–Trinajstić information content (AvgIpc) is 2.10. The highest BCUT2D eigenvalue weighted by Crippen LogP contribution is 2.29. The van der Waals surface area contributed by atoms with Gasteiger partial charge in [-0.05, 0) is 42.6 Å². The van der Waals surface area contributed by atoms with Crippen LogP contribution in [0.1, 0.15) is 24.0 Å². The normalized spacial score (nSPS) is 13.0. The maximum absolute atomic E-state index is 5.91. The van der Waals surface area contributed by atoms with Gasteiger partial charge in [-0.2, -0.15) is 0 Å². The van der Waals surface area contributed by atoms with Crippen molar-refractivity contribution in [3.63, 3.8) is 0 Å². The Hall–Kier alpha value is -0.240. The van der Waals surface area contributed by atoms with Gasteiger partial charge in [-0.25, -0.2) is 0 Å². The summed E-state index contributed by atoms with van der Waals surface area (Å²) in [7, 11) is 0. The first-order valence-corrected chi connectivity index (χ1v) is 4.97. The molecule has 0 radical (unpaired) electrons. The first kappa shape index (κ1) is 10.8. The quantitative estimate of drug-likeness (QED) is 0.809. The summed E-state index contributed by atoms with van der Waals surface area (Å²) in [6, 6.07) is 3.78. The second-order valence-corrected chi connectivity index (χ2v) is 4.07. The monoisotopic (exact) mass is 217 g/mol. The summed E-state index contributed by atoms with van der Waals surface area (Å²) in [6.45, 7) is 4.72. The van der Waals surface area contributed by atoms with Gasteiger partial charge in [0.2, 0.25) is 0 Å². The van der Waals surface area contributed by atoms with E-state index in [2.05, 4.69) is 6.92 Å². The topological polar surface area (TPSA) is 26.0 Å². The summed E-state index contributed by atoms with van der Waals surface area (Å²) in [5.74, 6) is 0.328. The van der Waals surface area contributed by atoms with Gasteiger partial charge in [0.25, 0.3) is 0 Å². The molecule has 1 nitrogen and oxygen atoms in total. The van der Waals surface area contributed by atoms with Crippen molar-refractivity contribution in [2.24, 2.45) is 5.73 Å². The van der Waals surface area contributed by atoms with Crippen LogP contribution in [-0.4, -0.2) is 6.54 Å². The van der Waals surface area contributed by atoms with Crippen LogP contribution in [0.4, 0.5) is 0 Å². The molecule has 0 amide bonds. The lowest BCUT2D eigenvalue weighted by Gasteiger charge is -2.13. The average molecular weight is 218 g/mol. The molecule has 0 bridgehead atoms. The van der Waals surface area contributed by atoms with Crippen LogP contribution in [-0.2, 0) is 0 Å². The molecule has 0 heterocycles. The Morgan fingerprint density at radius 1 is 1.31 bits per heavy atom. The van der Waals surface area contributed by atoms with Crippen LogP contribution < -0.4 is 5.73 Å². The molecule has 2 N–H and O–H groups in total. The van der Waals surface area contributed by atoms with Crippen molar-refractivity contribution in [3.05, 3.63) is 33.3 Å². The van der Waals surface area contributed by atoms with Crippen molar-refractivity contribution in [1.29, 1.82) is 0 Å². The highest BCUT2D eigenvalue weighted by molar-refractivity contribution is 6.42. The van der Waals surface area contributed by atoms with Crippen molar-refractivity contribution in [2.45, 2.75) is 19.8 Å². The summed E-state index contributed by atoms with van der Waals surface area (Å²) in [6.07, 6.45) is 0. The molecule has 1 unspecified atom stereocenters. The molecule has 1 rings (SSSR count). The minimum Gasteiger partial charge on any atom is -0.330 e. The zero-order valence-electron chi connectivity index (χ0n) is 7.77. The predicted octanol–water partition coefficient (Wildman–Crippen LogP) is 3.36. The maximum Gasteiger partial charge on any atom is 0.0595 e. The van der Waals surface area contributed by atoms with Gasteiger partial charge in [0, 0.05) is 0 Å². The highest BCUT2D eigenvalue weighted by Gasteiger charge is 2.09. The fourth-order valence-corrected chi connectivity index (χ4v) is 1.71. The number of aryl methyl sites for hydroxylation is 1. The molecule has 0 fully saturated rings. The third-order valence-corrected chi connectivity index (χ3v) is 2.92. The van der Waals surface area contributed by atoms with Gasteiger partial charge in [-0.15, -0.1) is 0 Å². The number of benzene rings is 1. The van der Waals surface area contributed by atoms with Gasteiger partial charge >= 0.3 is 0 Å². The fourth-order valence-electron chi connectivity index (χ4n) is 1.32. The third kappa shape index (κ3) is 2.37. The van der Waals surface area contributed by atoms with Crippen LogP contribution in [0.3, 0.4) is 0 Å². The molecular formula is C10H13Cl2N. The second-order valence-electron chi connectivity index (χ2n) is 3.26. The number of hydrogen-bond acceptors (Lipinski definition) is 1. The van der Waals surface area contributed by atoms with Crippen LogP contribution in [0.15, 0.2) is 12.1 Å². The van der Waals surface area contributed by atoms with Gasteiger partial charge in [-0.1, -0.05) is 30.1 Å². The summed E-state index contributed by atoms with van der Waals surface area (Å²) in [4.78, 5) is 0. The fraction of sp³-hybridized carbons (Fsp3) is 0.400. The molecular weight excluding hydrogens is 205 g/mol. The van der Waals surface area contributed by atoms with Crippen molar-refractivity contribution in [3.8, 4) is 0 Å². The standard InChI is InChI=1S/C10H13Cl2N/c1-6-3-9(11)10(12)4-8(6)7(2)5-13/h3-4,7H,5,13H2,1-2H3. The first-order valence-electron chi connectivity index (χ1n) is 4.22. The number of nitrogens with two attached hydrogens (primary N) is 1. The second kappa shape index (κ2) is 4.32.